The van der Waals surface area contributed by atoms with Crippen molar-refractivity contribution < 1.29 is 0 Å². The number of aryl methyl sites for hydroxylation is 2. The van der Waals surface area contributed by atoms with Gasteiger partial charge in [0.05, 0.1) is 0 Å². The van der Waals surface area contributed by atoms with Crippen molar-refractivity contribution in [3.05, 3.63) is 35.4 Å². The predicted octanol–water partition coefficient (Wildman–Crippen LogP) is 5.23. The molecule has 0 aliphatic rings. The molecule has 0 heterocycles. The summed E-state index contributed by atoms with van der Waals surface area (Å²) in [4.78, 5) is 0. The highest BCUT2D eigenvalue weighted by Crippen LogP contribution is 2.22. The molecule has 21 heavy (non-hydrogen) atoms. The Bertz CT molecular complexity index is 375. The van der Waals surface area contributed by atoms with Crippen LogP contribution >= 0.6 is 0 Å². The zero-order valence-corrected chi connectivity index (χ0v) is 14.8. The minimum absolute atomic E-state index is 0.371. The van der Waals surface area contributed by atoms with Crippen LogP contribution in [0, 0.1) is 11.3 Å². The van der Waals surface area contributed by atoms with Crippen molar-refractivity contribution in [1.82, 2.24) is 5.32 Å². The monoisotopic (exact) mass is 289 g/mol. The molecular weight excluding hydrogens is 254 g/mol. The molecular formula is C20H35N. The highest BCUT2D eigenvalue weighted by molar-refractivity contribution is 5.22. The van der Waals surface area contributed by atoms with E-state index in [1.165, 1.54) is 43.2 Å². The molecule has 0 aromatic heterocycles. The summed E-state index contributed by atoms with van der Waals surface area (Å²) in [5.41, 5.74) is 3.33. The van der Waals surface area contributed by atoms with Crippen LogP contribution in [0.1, 0.15) is 65.0 Å². The smallest absolute Gasteiger partial charge is 0.000274 e. The van der Waals surface area contributed by atoms with Crippen molar-refractivity contribution in [3.8, 4) is 0 Å². The zero-order valence-electron chi connectivity index (χ0n) is 14.8. The number of benzene rings is 1. The lowest BCUT2D eigenvalue weighted by atomic mass is 9.86. The summed E-state index contributed by atoms with van der Waals surface area (Å²) in [6.45, 7) is 13.8. The van der Waals surface area contributed by atoms with Crippen molar-refractivity contribution in [1.29, 1.82) is 0 Å². The second-order valence-electron chi connectivity index (χ2n) is 7.61. The summed E-state index contributed by atoms with van der Waals surface area (Å²) in [6.07, 6.45) is 6.23. The van der Waals surface area contributed by atoms with Gasteiger partial charge in [-0.2, -0.15) is 0 Å². The Labute approximate surface area is 132 Å². The minimum atomic E-state index is 0.371. The van der Waals surface area contributed by atoms with Crippen LogP contribution in [-0.4, -0.2) is 13.1 Å². The average Bonchev–Trinajstić information content (AvgIpc) is 2.43. The number of unbranched alkanes of at least 4 members (excludes halogenated alkanes) is 1. The van der Waals surface area contributed by atoms with Gasteiger partial charge in [0.2, 0.25) is 0 Å². The molecule has 0 atom stereocenters. The predicted molar refractivity (Wildman–Crippen MR) is 94.9 cm³/mol. The Kier molecular flexibility index (Phi) is 8.03. The van der Waals surface area contributed by atoms with Gasteiger partial charge in [-0.1, -0.05) is 65.3 Å². The molecule has 0 spiro atoms. The molecule has 1 nitrogen and oxygen atoms in total. The third-order valence-corrected chi connectivity index (χ3v) is 4.09. The topological polar surface area (TPSA) is 12.0 Å². The second kappa shape index (κ2) is 9.25. The van der Waals surface area contributed by atoms with Gasteiger partial charge in [-0.25, -0.2) is 0 Å². The largest absolute Gasteiger partial charge is 0.316 e. The normalized spacial score (nSPS) is 12.1. The molecule has 0 aliphatic heterocycles. The first kappa shape index (κ1) is 18.2. The minimum Gasteiger partial charge on any atom is -0.316 e. The van der Waals surface area contributed by atoms with Crippen molar-refractivity contribution in [2.24, 2.45) is 11.3 Å². The fourth-order valence-corrected chi connectivity index (χ4v) is 2.52. The maximum Gasteiger partial charge on any atom is 0.000274 e. The molecule has 0 fully saturated rings. The van der Waals surface area contributed by atoms with E-state index in [9.17, 15) is 0 Å². The fourth-order valence-electron chi connectivity index (χ4n) is 2.52. The maximum atomic E-state index is 3.59. The molecule has 120 valence electrons. The lowest BCUT2D eigenvalue weighted by Crippen LogP contribution is -2.32. The fraction of sp³-hybridized carbons (Fsp3) is 0.700. The zero-order chi connectivity index (χ0) is 15.7. The molecule has 1 aromatic carbocycles. The summed E-state index contributed by atoms with van der Waals surface area (Å²) >= 11 is 0. The van der Waals surface area contributed by atoms with E-state index < -0.39 is 0 Å². The van der Waals surface area contributed by atoms with Gasteiger partial charge in [0.15, 0.2) is 0 Å². The Balaban J connectivity index is 2.35. The van der Waals surface area contributed by atoms with E-state index >= 15 is 0 Å². The molecule has 0 aliphatic carbocycles. The summed E-state index contributed by atoms with van der Waals surface area (Å²) < 4.78 is 0. The number of rotatable bonds is 10. The van der Waals surface area contributed by atoms with Crippen LogP contribution in [0.4, 0.5) is 0 Å². The molecule has 1 rings (SSSR count). The third-order valence-electron chi connectivity index (χ3n) is 4.09. The van der Waals surface area contributed by atoms with Gasteiger partial charge in [-0.05, 0) is 54.7 Å². The van der Waals surface area contributed by atoms with Crippen molar-refractivity contribution in [2.75, 3.05) is 13.1 Å². The Morgan fingerprint density at radius 3 is 2.10 bits per heavy atom. The van der Waals surface area contributed by atoms with E-state index in [0.717, 1.165) is 19.0 Å². The maximum absolute atomic E-state index is 3.59. The van der Waals surface area contributed by atoms with E-state index in [1.807, 2.05) is 0 Å². The van der Waals surface area contributed by atoms with Crippen LogP contribution in [0.5, 0.6) is 0 Å². The van der Waals surface area contributed by atoms with Gasteiger partial charge >= 0.3 is 0 Å². The Morgan fingerprint density at radius 1 is 1.00 bits per heavy atom. The number of hydrogen-bond donors (Lipinski definition) is 1. The van der Waals surface area contributed by atoms with Gasteiger partial charge in [0.25, 0.3) is 0 Å². The average molecular weight is 290 g/mol. The second-order valence-corrected chi connectivity index (χ2v) is 7.61. The summed E-state index contributed by atoms with van der Waals surface area (Å²) in [6, 6.07) is 9.27. The molecule has 1 heteroatoms. The first-order chi connectivity index (χ1) is 9.93. The van der Waals surface area contributed by atoms with E-state index in [2.05, 4.69) is 64.2 Å². The van der Waals surface area contributed by atoms with Crippen LogP contribution in [0.2, 0.25) is 0 Å². The van der Waals surface area contributed by atoms with Gasteiger partial charge in [0, 0.05) is 6.54 Å². The quantitative estimate of drug-likeness (QED) is 0.621. The molecule has 0 radical (unpaired) electrons. The molecule has 1 N–H and O–H groups in total. The summed E-state index contributed by atoms with van der Waals surface area (Å²) in [7, 11) is 0. The van der Waals surface area contributed by atoms with Crippen LogP contribution in [0.25, 0.3) is 0 Å². The van der Waals surface area contributed by atoms with Crippen molar-refractivity contribution in [3.63, 3.8) is 0 Å². The molecule has 0 saturated carbocycles. The first-order valence-corrected chi connectivity index (χ1v) is 8.71. The third kappa shape index (κ3) is 8.26. The first-order valence-electron chi connectivity index (χ1n) is 8.71. The number of nitrogens with one attached hydrogen (secondary N) is 1. The van der Waals surface area contributed by atoms with E-state index in [1.54, 1.807) is 0 Å². The summed E-state index contributed by atoms with van der Waals surface area (Å²) in [5.74, 6) is 0.733. The summed E-state index contributed by atoms with van der Waals surface area (Å²) in [5, 5.41) is 3.59. The van der Waals surface area contributed by atoms with Gasteiger partial charge in [-0.3, -0.25) is 0 Å². The van der Waals surface area contributed by atoms with Crippen LogP contribution in [0.3, 0.4) is 0 Å². The number of hydrogen-bond acceptors (Lipinski definition) is 1. The SMILES string of the molecule is CCCCc1ccc(CCC(C)(C)CNCC(C)C)cc1. The molecule has 0 bridgehead atoms. The van der Waals surface area contributed by atoms with Crippen LogP contribution in [-0.2, 0) is 12.8 Å². The highest BCUT2D eigenvalue weighted by atomic mass is 14.9. The van der Waals surface area contributed by atoms with Gasteiger partial charge in [-0.15, -0.1) is 0 Å². The molecule has 1 aromatic rings. The van der Waals surface area contributed by atoms with Crippen LogP contribution < -0.4 is 5.32 Å². The lowest BCUT2D eigenvalue weighted by Gasteiger charge is -2.25. The standard InChI is InChI=1S/C20H35N/c1-6-7-8-18-9-11-19(12-10-18)13-14-20(4,5)16-21-15-17(2)3/h9-12,17,21H,6-8,13-16H2,1-5H3. The molecule has 0 unspecified atom stereocenters. The van der Waals surface area contributed by atoms with E-state index in [4.69, 9.17) is 0 Å². The van der Waals surface area contributed by atoms with E-state index in [-0.39, 0.29) is 0 Å². The van der Waals surface area contributed by atoms with Crippen molar-refractivity contribution in [2.45, 2.75) is 66.7 Å². The van der Waals surface area contributed by atoms with Crippen molar-refractivity contribution >= 4 is 0 Å². The molecule has 0 saturated heterocycles. The van der Waals surface area contributed by atoms with Crippen LogP contribution in [0.15, 0.2) is 24.3 Å². The van der Waals surface area contributed by atoms with E-state index in [0.29, 0.717) is 5.41 Å². The highest BCUT2D eigenvalue weighted by Gasteiger charge is 2.17. The Morgan fingerprint density at radius 2 is 1.57 bits per heavy atom. The Hall–Kier alpha value is -0.820. The van der Waals surface area contributed by atoms with Gasteiger partial charge in [0.1, 0.15) is 0 Å². The van der Waals surface area contributed by atoms with Gasteiger partial charge < -0.3 is 5.32 Å². The lowest BCUT2D eigenvalue weighted by molar-refractivity contribution is 0.308. The molecule has 0 amide bonds.